The second kappa shape index (κ2) is 8.04. The number of hydrogen-bond acceptors (Lipinski definition) is 2. The number of alkyl halides is 1. The summed E-state index contributed by atoms with van der Waals surface area (Å²) in [6, 6.07) is 16.4. The van der Waals surface area contributed by atoms with E-state index in [4.69, 9.17) is 0 Å². The predicted molar refractivity (Wildman–Crippen MR) is 110 cm³/mol. The number of carbonyl (C=O) groups is 1. The first-order valence-electron chi connectivity index (χ1n) is 10.3. The number of piperidine rings is 1. The molecule has 0 radical (unpaired) electrons. The zero-order valence-corrected chi connectivity index (χ0v) is 16.8. The molecule has 0 aromatic heterocycles. The fraction of sp³-hybridized carbons (Fsp3) is 0.458. The number of hydrogen-bond donors (Lipinski definition) is 0. The Hall–Kier alpha value is -2.20. The Balaban J connectivity index is 1.37. The molecule has 2 saturated heterocycles. The minimum absolute atomic E-state index is 0.0583. The van der Waals surface area contributed by atoms with Crippen LogP contribution in [-0.2, 0) is 11.3 Å². The number of aryl methyl sites for hydroxylation is 2. The van der Waals surface area contributed by atoms with Gasteiger partial charge in [-0.15, -0.1) is 0 Å². The molecule has 2 fully saturated rings. The largest absolute Gasteiger partial charge is 0.337 e. The molecule has 0 N–H and O–H groups in total. The molecular formula is C24H29FN2O. The van der Waals surface area contributed by atoms with Gasteiger partial charge in [0.1, 0.15) is 6.17 Å². The molecule has 4 rings (SSSR count). The highest BCUT2D eigenvalue weighted by Crippen LogP contribution is 2.33. The van der Waals surface area contributed by atoms with Crippen molar-refractivity contribution in [2.24, 2.45) is 0 Å². The van der Waals surface area contributed by atoms with Gasteiger partial charge in [-0.25, -0.2) is 4.39 Å². The molecule has 0 spiro atoms. The van der Waals surface area contributed by atoms with Crippen molar-refractivity contribution >= 4 is 5.91 Å². The Bertz CT molecular complexity index is 818. The summed E-state index contributed by atoms with van der Waals surface area (Å²) in [5.74, 6) is 0.0959. The standard InChI is InChI=1S/C24H29FN2O/c1-17-3-7-19(8-4-17)15-27-14-12-23(24(27)28)26-13-11-21(22(25)16-26)20-9-5-18(2)6-10-20/h3-10,21-23H,11-16H2,1-2H3/t21-,22-,23+/m0/s1. The topological polar surface area (TPSA) is 23.6 Å². The lowest BCUT2D eigenvalue weighted by molar-refractivity contribution is -0.133. The molecule has 1 amide bonds. The Morgan fingerprint density at radius 3 is 2.21 bits per heavy atom. The number of likely N-dealkylation sites (tertiary alicyclic amines) is 2. The molecule has 2 aromatic rings. The van der Waals surface area contributed by atoms with Gasteiger partial charge in [-0.1, -0.05) is 59.7 Å². The zero-order chi connectivity index (χ0) is 19.7. The molecule has 28 heavy (non-hydrogen) atoms. The molecule has 2 aliphatic heterocycles. The maximum atomic E-state index is 15.0. The molecule has 4 heteroatoms. The lowest BCUT2D eigenvalue weighted by Gasteiger charge is -2.37. The smallest absolute Gasteiger partial charge is 0.240 e. The van der Waals surface area contributed by atoms with Crippen LogP contribution in [0.2, 0.25) is 0 Å². The zero-order valence-electron chi connectivity index (χ0n) is 16.8. The summed E-state index contributed by atoms with van der Waals surface area (Å²) < 4.78 is 15.0. The fourth-order valence-corrected chi connectivity index (χ4v) is 4.53. The maximum Gasteiger partial charge on any atom is 0.240 e. The Labute approximate surface area is 167 Å². The van der Waals surface area contributed by atoms with Gasteiger partial charge in [-0.2, -0.15) is 0 Å². The summed E-state index contributed by atoms with van der Waals surface area (Å²) in [4.78, 5) is 16.9. The van der Waals surface area contributed by atoms with E-state index in [0.29, 0.717) is 13.1 Å². The highest BCUT2D eigenvalue weighted by molar-refractivity contribution is 5.84. The minimum Gasteiger partial charge on any atom is -0.337 e. The average molecular weight is 381 g/mol. The van der Waals surface area contributed by atoms with Crippen LogP contribution in [0, 0.1) is 13.8 Å². The van der Waals surface area contributed by atoms with Crippen LogP contribution >= 0.6 is 0 Å². The van der Waals surface area contributed by atoms with E-state index < -0.39 is 6.17 Å². The molecule has 2 aliphatic rings. The van der Waals surface area contributed by atoms with Gasteiger partial charge in [0.05, 0.1) is 6.04 Å². The van der Waals surface area contributed by atoms with Gasteiger partial charge in [0, 0.05) is 25.6 Å². The fourth-order valence-electron chi connectivity index (χ4n) is 4.53. The average Bonchev–Trinajstić information content (AvgIpc) is 3.05. The van der Waals surface area contributed by atoms with Crippen LogP contribution < -0.4 is 0 Å². The summed E-state index contributed by atoms with van der Waals surface area (Å²) in [6.45, 7) is 6.66. The number of nitrogens with zero attached hydrogens (tertiary/aromatic N) is 2. The van der Waals surface area contributed by atoms with Gasteiger partial charge in [-0.05, 0) is 44.4 Å². The second-order valence-corrected chi connectivity index (χ2v) is 8.37. The summed E-state index contributed by atoms with van der Waals surface area (Å²) in [5.41, 5.74) is 4.65. The van der Waals surface area contributed by atoms with Gasteiger partial charge in [0.25, 0.3) is 0 Å². The third-order valence-electron chi connectivity index (χ3n) is 6.28. The van der Waals surface area contributed by atoms with Crippen LogP contribution in [0.25, 0.3) is 0 Å². The van der Waals surface area contributed by atoms with Crippen molar-refractivity contribution in [1.29, 1.82) is 0 Å². The van der Waals surface area contributed by atoms with E-state index in [0.717, 1.165) is 37.1 Å². The Morgan fingerprint density at radius 1 is 0.929 bits per heavy atom. The molecule has 0 bridgehead atoms. The van der Waals surface area contributed by atoms with E-state index in [1.54, 1.807) is 0 Å². The molecule has 3 nitrogen and oxygen atoms in total. The van der Waals surface area contributed by atoms with Crippen molar-refractivity contribution in [3.63, 3.8) is 0 Å². The monoisotopic (exact) mass is 380 g/mol. The maximum absolute atomic E-state index is 15.0. The lowest BCUT2D eigenvalue weighted by atomic mass is 9.87. The van der Waals surface area contributed by atoms with Gasteiger partial charge < -0.3 is 4.90 Å². The number of carbonyl (C=O) groups excluding carboxylic acids is 1. The van der Waals surface area contributed by atoms with E-state index >= 15 is 0 Å². The first-order chi connectivity index (χ1) is 13.5. The van der Waals surface area contributed by atoms with Gasteiger partial charge >= 0.3 is 0 Å². The third kappa shape index (κ3) is 3.97. The first kappa shape index (κ1) is 19.1. The highest BCUT2D eigenvalue weighted by atomic mass is 19.1. The summed E-state index contributed by atoms with van der Waals surface area (Å²) in [5, 5.41) is 0. The van der Waals surface area contributed by atoms with Crippen molar-refractivity contribution in [1.82, 2.24) is 9.80 Å². The lowest BCUT2D eigenvalue weighted by Crippen LogP contribution is -2.49. The second-order valence-electron chi connectivity index (χ2n) is 8.37. The van der Waals surface area contributed by atoms with Crippen LogP contribution in [0.15, 0.2) is 48.5 Å². The van der Waals surface area contributed by atoms with Crippen molar-refractivity contribution in [2.75, 3.05) is 19.6 Å². The van der Waals surface area contributed by atoms with E-state index in [1.807, 2.05) is 24.0 Å². The molecule has 0 saturated carbocycles. The Morgan fingerprint density at radius 2 is 1.57 bits per heavy atom. The van der Waals surface area contributed by atoms with Gasteiger partial charge in [-0.3, -0.25) is 9.69 Å². The summed E-state index contributed by atoms with van der Waals surface area (Å²) in [6.07, 6.45) is 0.647. The molecule has 2 aromatic carbocycles. The van der Waals surface area contributed by atoms with Gasteiger partial charge in [0.15, 0.2) is 0 Å². The van der Waals surface area contributed by atoms with Crippen molar-refractivity contribution in [3.8, 4) is 0 Å². The molecular weight excluding hydrogens is 351 g/mol. The Kier molecular flexibility index (Phi) is 5.49. The van der Waals surface area contributed by atoms with Crippen LogP contribution in [-0.4, -0.2) is 47.6 Å². The van der Waals surface area contributed by atoms with Crippen LogP contribution in [0.4, 0.5) is 4.39 Å². The molecule has 148 valence electrons. The quantitative estimate of drug-likeness (QED) is 0.792. The minimum atomic E-state index is -0.921. The van der Waals surface area contributed by atoms with E-state index in [9.17, 15) is 9.18 Å². The van der Waals surface area contributed by atoms with E-state index in [2.05, 4.69) is 48.2 Å². The van der Waals surface area contributed by atoms with Gasteiger partial charge in [0.2, 0.25) is 5.91 Å². The molecule has 2 heterocycles. The summed E-state index contributed by atoms with van der Waals surface area (Å²) in [7, 11) is 0. The molecule has 3 atom stereocenters. The van der Waals surface area contributed by atoms with Crippen LogP contribution in [0.3, 0.4) is 0 Å². The normalized spacial score (nSPS) is 26.0. The highest BCUT2D eigenvalue weighted by Gasteiger charge is 2.40. The SMILES string of the molecule is Cc1ccc(CN2CC[C@@H](N3CC[C@@H](c4ccc(C)cc4)[C@@H](F)C3)C2=O)cc1. The number of amides is 1. The van der Waals surface area contributed by atoms with E-state index in [1.165, 1.54) is 11.1 Å². The number of rotatable bonds is 4. The first-order valence-corrected chi connectivity index (χ1v) is 10.3. The summed E-state index contributed by atoms with van der Waals surface area (Å²) >= 11 is 0. The van der Waals surface area contributed by atoms with Crippen LogP contribution in [0.1, 0.15) is 41.0 Å². The molecule has 0 unspecified atom stereocenters. The number of benzene rings is 2. The van der Waals surface area contributed by atoms with E-state index in [-0.39, 0.29) is 17.9 Å². The van der Waals surface area contributed by atoms with Crippen LogP contribution in [0.5, 0.6) is 0 Å². The van der Waals surface area contributed by atoms with Crippen molar-refractivity contribution < 1.29 is 9.18 Å². The van der Waals surface area contributed by atoms with Crippen molar-refractivity contribution in [3.05, 3.63) is 70.8 Å². The predicted octanol–water partition coefficient (Wildman–Crippen LogP) is 4.23. The third-order valence-corrected chi connectivity index (χ3v) is 6.28. The molecule has 0 aliphatic carbocycles. The van der Waals surface area contributed by atoms with Crippen molar-refractivity contribution in [2.45, 2.75) is 51.4 Å². The number of halogens is 1.